The standard InChI is InChI=1S/C12H16O7/c1-7(13)9(12(16)19-4)5-8(11(15)18-3)6-10(14)17-2/h6,9H,5H2,1-4H3/b8-6+. The van der Waals surface area contributed by atoms with Gasteiger partial charge in [0.15, 0.2) is 0 Å². The van der Waals surface area contributed by atoms with E-state index in [1.165, 1.54) is 6.92 Å². The maximum absolute atomic E-state index is 11.5. The lowest BCUT2D eigenvalue weighted by Gasteiger charge is -2.12. The van der Waals surface area contributed by atoms with Gasteiger partial charge in [-0.15, -0.1) is 0 Å². The summed E-state index contributed by atoms with van der Waals surface area (Å²) in [4.78, 5) is 45.4. The van der Waals surface area contributed by atoms with E-state index in [0.29, 0.717) is 0 Å². The summed E-state index contributed by atoms with van der Waals surface area (Å²) in [5.41, 5.74) is -0.139. The molecule has 1 unspecified atom stereocenters. The Morgan fingerprint density at radius 1 is 1.00 bits per heavy atom. The van der Waals surface area contributed by atoms with Crippen LogP contribution in [-0.2, 0) is 33.4 Å². The number of hydrogen-bond donors (Lipinski definition) is 0. The van der Waals surface area contributed by atoms with Crippen molar-refractivity contribution in [2.24, 2.45) is 5.92 Å². The Labute approximate surface area is 110 Å². The predicted molar refractivity (Wildman–Crippen MR) is 62.9 cm³/mol. The molecule has 0 N–H and O–H groups in total. The highest BCUT2D eigenvalue weighted by Crippen LogP contribution is 2.16. The van der Waals surface area contributed by atoms with Gasteiger partial charge < -0.3 is 14.2 Å². The Kier molecular flexibility index (Phi) is 7.10. The molecular weight excluding hydrogens is 256 g/mol. The van der Waals surface area contributed by atoms with Gasteiger partial charge in [0.2, 0.25) is 0 Å². The van der Waals surface area contributed by atoms with Gasteiger partial charge in [0.25, 0.3) is 0 Å². The van der Waals surface area contributed by atoms with Crippen LogP contribution >= 0.6 is 0 Å². The number of carbonyl (C=O) groups excluding carboxylic acids is 4. The van der Waals surface area contributed by atoms with Gasteiger partial charge in [-0.25, -0.2) is 9.59 Å². The number of ketones is 1. The van der Waals surface area contributed by atoms with Crippen molar-refractivity contribution in [2.45, 2.75) is 13.3 Å². The summed E-state index contributed by atoms with van der Waals surface area (Å²) < 4.78 is 13.3. The van der Waals surface area contributed by atoms with E-state index < -0.39 is 29.6 Å². The molecule has 0 rings (SSSR count). The number of esters is 3. The Balaban J connectivity index is 5.24. The third kappa shape index (κ3) is 5.33. The molecule has 0 spiro atoms. The lowest BCUT2D eigenvalue weighted by atomic mass is 9.95. The summed E-state index contributed by atoms with van der Waals surface area (Å²) in [6.45, 7) is 1.19. The van der Waals surface area contributed by atoms with E-state index in [9.17, 15) is 19.2 Å². The highest BCUT2D eigenvalue weighted by molar-refractivity contribution is 6.01. The van der Waals surface area contributed by atoms with Gasteiger partial charge in [-0.1, -0.05) is 0 Å². The normalized spacial score (nSPS) is 12.3. The summed E-state index contributed by atoms with van der Waals surface area (Å²) >= 11 is 0. The van der Waals surface area contributed by atoms with Crippen LogP contribution in [0.25, 0.3) is 0 Å². The molecule has 106 valence electrons. The average molecular weight is 272 g/mol. The van der Waals surface area contributed by atoms with Crippen LogP contribution in [0, 0.1) is 5.92 Å². The quantitative estimate of drug-likeness (QED) is 0.291. The maximum atomic E-state index is 11.5. The Morgan fingerprint density at radius 2 is 1.58 bits per heavy atom. The van der Waals surface area contributed by atoms with E-state index in [2.05, 4.69) is 14.2 Å². The fourth-order valence-corrected chi connectivity index (χ4v) is 1.29. The molecule has 0 fully saturated rings. The molecular formula is C12H16O7. The third-order valence-electron chi connectivity index (χ3n) is 2.34. The SMILES string of the molecule is COC(=O)/C=C(\CC(C(C)=O)C(=O)OC)C(=O)OC. The van der Waals surface area contributed by atoms with E-state index >= 15 is 0 Å². The van der Waals surface area contributed by atoms with Gasteiger partial charge in [0.05, 0.1) is 21.3 Å². The molecule has 7 nitrogen and oxygen atoms in total. The van der Waals surface area contributed by atoms with E-state index in [4.69, 9.17) is 0 Å². The van der Waals surface area contributed by atoms with Crippen molar-refractivity contribution in [1.82, 2.24) is 0 Å². The van der Waals surface area contributed by atoms with Crippen LogP contribution in [0.15, 0.2) is 11.6 Å². The molecule has 0 radical (unpaired) electrons. The summed E-state index contributed by atoms with van der Waals surface area (Å²) in [7, 11) is 3.38. The molecule has 0 aromatic rings. The van der Waals surface area contributed by atoms with E-state index in [-0.39, 0.29) is 12.0 Å². The molecule has 1 atom stereocenters. The highest BCUT2D eigenvalue weighted by atomic mass is 16.5. The zero-order chi connectivity index (χ0) is 15.0. The van der Waals surface area contributed by atoms with Gasteiger partial charge in [-0.05, 0) is 6.92 Å². The zero-order valence-corrected chi connectivity index (χ0v) is 11.2. The molecule has 0 aliphatic heterocycles. The molecule has 0 bridgehead atoms. The van der Waals surface area contributed by atoms with E-state index in [0.717, 1.165) is 27.4 Å². The molecule has 0 heterocycles. The summed E-state index contributed by atoms with van der Waals surface area (Å²) in [6, 6.07) is 0. The van der Waals surface area contributed by atoms with E-state index in [1.807, 2.05) is 0 Å². The second-order valence-corrected chi connectivity index (χ2v) is 3.57. The van der Waals surface area contributed by atoms with Crippen molar-refractivity contribution >= 4 is 23.7 Å². The summed E-state index contributed by atoms with van der Waals surface area (Å²) in [6.07, 6.45) is 0.592. The second kappa shape index (κ2) is 8.02. The fourth-order valence-electron chi connectivity index (χ4n) is 1.29. The van der Waals surface area contributed by atoms with E-state index in [1.54, 1.807) is 0 Å². The van der Waals surface area contributed by atoms with Crippen molar-refractivity contribution in [1.29, 1.82) is 0 Å². The molecule has 19 heavy (non-hydrogen) atoms. The molecule has 0 saturated heterocycles. The number of rotatable bonds is 6. The number of hydrogen-bond acceptors (Lipinski definition) is 7. The van der Waals surface area contributed by atoms with Crippen molar-refractivity contribution in [3.05, 3.63) is 11.6 Å². The van der Waals surface area contributed by atoms with Gasteiger partial charge >= 0.3 is 17.9 Å². The first-order chi connectivity index (χ1) is 8.87. The summed E-state index contributed by atoms with van der Waals surface area (Å²) in [5.74, 6) is -4.04. The highest BCUT2D eigenvalue weighted by Gasteiger charge is 2.28. The van der Waals surface area contributed by atoms with Crippen molar-refractivity contribution < 1.29 is 33.4 Å². The number of methoxy groups -OCH3 is 3. The first-order valence-corrected chi connectivity index (χ1v) is 5.32. The van der Waals surface area contributed by atoms with Crippen molar-refractivity contribution in [2.75, 3.05) is 21.3 Å². The minimum absolute atomic E-state index is 0.139. The van der Waals surface area contributed by atoms with Gasteiger partial charge in [-0.2, -0.15) is 0 Å². The average Bonchev–Trinajstić information content (AvgIpc) is 2.40. The van der Waals surface area contributed by atoms with Gasteiger partial charge in [-0.3, -0.25) is 9.59 Å². The zero-order valence-electron chi connectivity index (χ0n) is 11.2. The lowest BCUT2D eigenvalue weighted by molar-refractivity contribution is -0.149. The molecule has 0 aromatic carbocycles. The third-order valence-corrected chi connectivity index (χ3v) is 2.34. The smallest absolute Gasteiger partial charge is 0.334 e. The van der Waals surface area contributed by atoms with Gasteiger partial charge in [0, 0.05) is 18.1 Å². The van der Waals surface area contributed by atoms with Crippen molar-refractivity contribution in [3.8, 4) is 0 Å². The first-order valence-electron chi connectivity index (χ1n) is 5.32. The first kappa shape index (κ1) is 16.8. The molecule has 0 amide bonds. The Morgan fingerprint density at radius 3 is 1.95 bits per heavy atom. The lowest BCUT2D eigenvalue weighted by Crippen LogP contribution is -2.25. The predicted octanol–water partition coefficient (Wildman–Crippen LogP) is 0.0271. The van der Waals surface area contributed by atoms with Crippen molar-refractivity contribution in [3.63, 3.8) is 0 Å². The van der Waals surface area contributed by atoms with Crippen LogP contribution in [-0.4, -0.2) is 45.0 Å². The van der Waals surface area contributed by atoms with Crippen LogP contribution in [0.3, 0.4) is 0 Å². The fraction of sp³-hybridized carbons (Fsp3) is 0.500. The Hall–Kier alpha value is -2.18. The minimum atomic E-state index is -1.17. The van der Waals surface area contributed by atoms with Crippen LogP contribution in [0.1, 0.15) is 13.3 Å². The minimum Gasteiger partial charge on any atom is -0.468 e. The maximum Gasteiger partial charge on any atom is 0.334 e. The second-order valence-electron chi connectivity index (χ2n) is 3.57. The molecule has 0 aliphatic carbocycles. The number of ether oxygens (including phenoxy) is 3. The van der Waals surface area contributed by atoms with Crippen LogP contribution in [0.4, 0.5) is 0 Å². The van der Waals surface area contributed by atoms with Crippen LogP contribution < -0.4 is 0 Å². The Bertz CT molecular complexity index is 408. The molecule has 0 saturated carbocycles. The van der Waals surface area contributed by atoms with Gasteiger partial charge in [0.1, 0.15) is 11.7 Å². The molecule has 0 aliphatic rings. The number of Topliss-reactive ketones (excluding diaryl/α,β-unsaturated/α-hetero) is 1. The molecule has 7 heteroatoms. The number of carbonyl (C=O) groups is 4. The summed E-state index contributed by atoms with van der Waals surface area (Å²) in [5, 5.41) is 0. The topological polar surface area (TPSA) is 96.0 Å². The van der Waals surface area contributed by atoms with Crippen LogP contribution in [0.2, 0.25) is 0 Å². The van der Waals surface area contributed by atoms with Crippen LogP contribution in [0.5, 0.6) is 0 Å². The molecule has 0 aromatic heterocycles. The monoisotopic (exact) mass is 272 g/mol. The largest absolute Gasteiger partial charge is 0.468 e.